The maximum atomic E-state index is 11.4. The zero-order valence-electron chi connectivity index (χ0n) is 18.3. The number of carbonyl (C=O) groups excluding carboxylic acids is 1. The fourth-order valence-electron chi connectivity index (χ4n) is 4.66. The molecule has 0 spiro atoms. The van der Waals surface area contributed by atoms with Crippen LogP contribution in [0.2, 0.25) is 0 Å². The van der Waals surface area contributed by atoms with Crippen molar-refractivity contribution in [3.63, 3.8) is 0 Å². The molecule has 30 heavy (non-hydrogen) atoms. The number of carbonyl (C=O) groups is 1. The third kappa shape index (κ3) is 4.86. The fourth-order valence-corrected chi connectivity index (χ4v) is 4.66. The number of fused-ring (bicyclic) bond motifs is 1. The van der Waals surface area contributed by atoms with Gasteiger partial charge in [0.15, 0.2) is 0 Å². The summed E-state index contributed by atoms with van der Waals surface area (Å²) >= 11 is 0. The van der Waals surface area contributed by atoms with Gasteiger partial charge in [-0.15, -0.1) is 0 Å². The molecular weight excluding hydrogens is 376 g/mol. The van der Waals surface area contributed by atoms with Gasteiger partial charge in [0, 0.05) is 13.3 Å². The Morgan fingerprint density at radius 3 is 2.80 bits per heavy atom. The lowest BCUT2D eigenvalue weighted by atomic mass is 9.89. The second-order valence-corrected chi connectivity index (χ2v) is 8.69. The average molecular weight is 409 g/mol. The Kier molecular flexibility index (Phi) is 6.43. The van der Waals surface area contributed by atoms with E-state index in [1.165, 1.54) is 34.7 Å². The zero-order valence-corrected chi connectivity index (χ0v) is 18.3. The molecule has 1 saturated heterocycles. The molecule has 2 aliphatic heterocycles. The highest BCUT2D eigenvalue weighted by Gasteiger charge is 2.30. The van der Waals surface area contributed by atoms with Gasteiger partial charge in [0.2, 0.25) is 6.29 Å². The molecule has 0 radical (unpaired) electrons. The zero-order chi connectivity index (χ0) is 21.1. The summed E-state index contributed by atoms with van der Waals surface area (Å²) < 4.78 is 17.3. The fraction of sp³-hybridized carbons (Fsp3) is 0.500. The van der Waals surface area contributed by atoms with Gasteiger partial charge in [-0.3, -0.25) is 4.79 Å². The molecule has 0 N–H and O–H groups in total. The number of hydrogen-bond donors (Lipinski definition) is 0. The van der Waals surface area contributed by atoms with Crippen LogP contribution in [-0.4, -0.2) is 18.9 Å². The second-order valence-electron chi connectivity index (χ2n) is 8.69. The highest BCUT2D eigenvalue weighted by molar-refractivity contribution is 5.66. The van der Waals surface area contributed by atoms with E-state index in [9.17, 15) is 4.79 Å². The van der Waals surface area contributed by atoms with E-state index in [1.54, 1.807) is 0 Å². The monoisotopic (exact) mass is 408 g/mol. The van der Waals surface area contributed by atoms with Crippen molar-refractivity contribution in [2.75, 3.05) is 6.61 Å². The molecule has 2 aliphatic rings. The molecular formula is C26H32O4. The molecule has 4 nitrogen and oxygen atoms in total. The van der Waals surface area contributed by atoms with Gasteiger partial charge >= 0.3 is 5.97 Å². The lowest BCUT2D eigenvalue weighted by molar-refractivity contribution is -0.208. The summed E-state index contributed by atoms with van der Waals surface area (Å²) in [7, 11) is 0. The van der Waals surface area contributed by atoms with Gasteiger partial charge < -0.3 is 14.2 Å². The molecule has 2 aromatic rings. The first kappa shape index (κ1) is 20.9. The van der Waals surface area contributed by atoms with Gasteiger partial charge in [-0.2, -0.15) is 0 Å². The quantitative estimate of drug-likeness (QED) is 0.609. The van der Waals surface area contributed by atoms with E-state index in [0.717, 1.165) is 50.9 Å². The van der Waals surface area contributed by atoms with Crippen LogP contribution in [0.15, 0.2) is 36.4 Å². The summed E-state index contributed by atoms with van der Waals surface area (Å²) in [5.41, 5.74) is 6.53. The van der Waals surface area contributed by atoms with Crippen LogP contribution in [0, 0.1) is 5.92 Å². The van der Waals surface area contributed by atoms with E-state index in [-0.39, 0.29) is 12.1 Å². The summed E-state index contributed by atoms with van der Waals surface area (Å²) in [5.74, 6) is 1.20. The van der Waals surface area contributed by atoms with Gasteiger partial charge in [0.25, 0.3) is 0 Å². The molecule has 4 heteroatoms. The Morgan fingerprint density at radius 1 is 1.13 bits per heavy atom. The number of rotatable bonds is 5. The van der Waals surface area contributed by atoms with Gasteiger partial charge in [-0.25, -0.2) is 0 Å². The summed E-state index contributed by atoms with van der Waals surface area (Å²) in [6, 6.07) is 13.3. The second kappa shape index (κ2) is 9.22. The van der Waals surface area contributed by atoms with Gasteiger partial charge in [0.1, 0.15) is 5.75 Å². The van der Waals surface area contributed by atoms with Crippen molar-refractivity contribution in [2.45, 2.75) is 71.7 Å². The normalized spacial score (nSPS) is 23.4. The van der Waals surface area contributed by atoms with Crippen molar-refractivity contribution in [3.8, 4) is 5.75 Å². The summed E-state index contributed by atoms with van der Waals surface area (Å²) in [4.78, 5) is 11.4. The number of hydrogen-bond acceptors (Lipinski definition) is 4. The molecule has 2 aromatic carbocycles. The number of esters is 1. The van der Waals surface area contributed by atoms with Crippen LogP contribution in [0.1, 0.15) is 74.0 Å². The van der Waals surface area contributed by atoms with E-state index in [4.69, 9.17) is 14.2 Å². The minimum atomic E-state index is -0.453. The van der Waals surface area contributed by atoms with Gasteiger partial charge in [-0.05, 0) is 71.9 Å². The molecule has 0 amide bonds. The standard InChI is InChI=1S/C26H32O4/c1-4-20-8-9-22(25-12-17(2)13-26(30-25)29-18(3)27)16-23(20)15-19-7-10-24-21(14-19)6-5-11-28-24/h7-10,14,16-17,25-26H,4-6,11-13,15H2,1-3H3/t17-,25-,26?/m1/s1. The Morgan fingerprint density at radius 2 is 2.00 bits per heavy atom. The maximum Gasteiger partial charge on any atom is 0.304 e. The third-order valence-corrected chi connectivity index (χ3v) is 6.18. The molecule has 0 saturated carbocycles. The molecule has 160 valence electrons. The molecule has 0 bridgehead atoms. The van der Waals surface area contributed by atoms with Crippen LogP contribution >= 0.6 is 0 Å². The largest absolute Gasteiger partial charge is 0.493 e. The summed E-state index contributed by atoms with van der Waals surface area (Å²) in [6.07, 6.45) is 5.29. The van der Waals surface area contributed by atoms with Crippen LogP contribution in [-0.2, 0) is 33.5 Å². The lowest BCUT2D eigenvalue weighted by Gasteiger charge is -2.33. The van der Waals surface area contributed by atoms with Crippen molar-refractivity contribution >= 4 is 5.97 Å². The third-order valence-electron chi connectivity index (χ3n) is 6.18. The minimum Gasteiger partial charge on any atom is -0.493 e. The topological polar surface area (TPSA) is 44.8 Å². The predicted molar refractivity (Wildman–Crippen MR) is 117 cm³/mol. The van der Waals surface area contributed by atoms with Gasteiger partial charge in [-0.1, -0.05) is 44.2 Å². The van der Waals surface area contributed by atoms with E-state index >= 15 is 0 Å². The first-order valence-electron chi connectivity index (χ1n) is 11.2. The van der Waals surface area contributed by atoms with Crippen LogP contribution in [0.3, 0.4) is 0 Å². The SMILES string of the molecule is CCc1ccc([C@H]2C[C@@H](C)CC(OC(C)=O)O2)cc1Cc1ccc2c(c1)CCCO2. The average Bonchev–Trinajstić information content (AvgIpc) is 2.72. The van der Waals surface area contributed by atoms with Crippen LogP contribution in [0.5, 0.6) is 5.75 Å². The Hall–Kier alpha value is -2.33. The Labute approximate surface area is 179 Å². The predicted octanol–water partition coefficient (Wildman–Crippen LogP) is 5.54. The number of aryl methyl sites for hydroxylation is 2. The molecule has 0 aromatic heterocycles. The molecule has 1 unspecified atom stereocenters. The molecule has 0 aliphatic carbocycles. The van der Waals surface area contributed by atoms with Crippen molar-refractivity contribution in [3.05, 3.63) is 64.2 Å². The highest BCUT2D eigenvalue weighted by atomic mass is 16.7. The smallest absolute Gasteiger partial charge is 0.304 e. The minimum absolute atomic E-state index is 0.0420. The lowest BCUT2D eigenvalue weighted by Crippen LogP contribution is -2.30. The molecule has 2 heterocycles. The number of ether oxygens (including phenoxy) is 3. The summed E-state index contributed by atoms with van der Waals surface area (Å²) in [5, 5.41) is 0. The van der Waals surface area contributed by atoms with Crippen molar-refractivity contribution in [1.29, 1.82) is 0 Å². The van der Waals surface area contributed by atoms with E-state index in [0.29, 0.717) is 5.92 Å². The van der Waals surface area contributed by atoms with Crippen molar-refractivity contribution in [1.82, 2.24) is 0 Å². The van der Waals surface area contributed by atoms with Crippen LogP contribution in [0.4, 0.5) is 0 Å². The maximum absolute atomic E-state index is 11.4. The van der Waals surface area contributed by atoms with Crippen molar-refractivity contribution < 1.29 is 19.0 Å². The molecule has 3 atom stereocenters. The molecule has 4 rings (SSSR count). The van der Waals surface area contributed by atoms with E-state index in [1.807, 2.05) is 0 Å². The first-order chi connectivity index (χ1) is 14.5. The van der Waals surface area contributed by atoms with E-state index < -0.39 is 6.29 Å². The van der Waals surface area contributed by atoms with Gasteiger partial charge in [0.05, 0.1) is 12.7 Å². The Bertz CT molecular complexity index is 904. The van der Waals surface area contributed by atoms with Crippen molar-refractivity contribution in [2.24, 2.45) is 5.92 Å². The van der Waals surface area contributed by atoms with Crippen LogP contribution in [0.25, 0.3) is 0 Å². The van der Waals surface area contributed by atoms with Crippen LogP contribution < -0.4 is 4.74 Å². The number of benzene rings is 2. The summed E-state index contributed by atoms with van der Waals surface area (Å²) in [6.45, 7) is 6.66. The first-order valence-corrected chi connectivity index (χ1v) is 11.2. The van der Waals surface area contributed by atoms with E-state index in [2.05, 4.69) is 50.2 Å². The Balaban J connectivity index is 1.57. The highest BCUT2D eigenvalue weighted by Crippen LogP contribution is 2.36. The molecule has 1 fully saturated rings.